The second-order valence-electron chi connectivity index (χ2n) is 8.52. The number of amides is 1. The molecule has 0 saturated carbocycles. The molecule has 8 nitrogen and oxygen atoms in total. The third-order valence-corrected chi connectivity index (χ3v) is 7.87. The van der Waals surface area contributed by atoms with Crippen LogP contribution in [-0.2, 0) is 35.7 Å². The maximum Gasteiger partial charge on any atom is 0.228 e. The maximum absolute atomic E-state index is 13.0. The highest BCUT2D eigenvalue weighted by Crippen LogP contribution is 2.47. The lowest BCUT2D eigenvalue weighted by Crippen LogP contribution is -2.39. The summed E-state index contributed by atoms with van der Waals surface area (Å²) in [6.45, 7) is 4.11. The van der Waals surface area contributed by atoms with Gasteiger partial charge in [-0.05, 0) is 36.1 Å². The van der Waals surface area contributed by atoms with Crippen molar-refractivity contribution in [1.29, 1.82) is 0 Å². The van der Waals surface area contributed by atoms with Gasteiger partial charge < -0.3 is 19.3 Å². The van der Waals surface area contributed by atoms with Crippen LogP contribution in [0.1, 0.15) is 22.4 Å². The van der Waals surface area contributed by atoms with Crippen LogP contribution in [0.5, 0.6) is 5.75 Å². The number of carbonyl (C=O) groups is 1. The van der Waals surface area contributed by atoms with Crippen LogP contribution in [0.2, 0.25) is 0 Å². The Morgan fingerprint density at radius 1 is 1.31 bits per heavy atom. The van der Waals surface area contributed by atoms with Crippen molar-refractivity contribution in [2.75, 3.05) is 31.8 Å². The van der Waals surface area contributed by atoms with Crippen molar-refractivity contribution in [3.8, 4) is 17.1 Å². The Morgan fingerprint density at radius 2 is 2.19 bits per heavy atom. The molecule has 1 atom stereocenters. The Bertz CT molecular complexity index is 1150. The van der Waals surface area contributed by atoms with Crippen molar-refractivity contribution in [2.45, 2.75) is 32.6 Å². The van der Waals surface area contributed by atoms with Gasteiger partial charge in [0.05, 0.1) is 31.7 Å². The first-order chi connectivity index (χ1) is 15.7. The van der Waals surface area contributed by atoms with Crippen LogP contribution in [0, 0.1) is 5.92 Å². The number of ether oxygens (including phenoxy) is 2. The predicted octanol–water partition coefficient (Wildman–Crippen LogP) is 2.91. The number of carbonyl (C=O) groups excluding carboxylic acids is 1. The summed E-state index contributed by atoms with van der Waals surface area (Å²) in [5.74, 6) is 2.04. The van der Waals surface area contributed by atoms with Gasteiger partial charge in [-0.3, -0.25) is 4.79 Å². The van der Waals surface area contributed by atoms with Gasteiger partial charge >= 0.3 is 0 Å². The molecule has 5 heterocycles. The lowest BCUT2D eigenvalue weighted by molar-refractivity contribution is -0.136. The second kappa shape index (κ2) is 7.90. The molecule has 2 aromatic heterocycles. The molecule has 0 bridgehead atoms. The number of rotatable bonds is 4. The molecule has 1 amide bonds. The number of methoxy groups -OCH3 is 1. The molecule has 0 radical (unpaired) electrons. The molecule has 0 aliphatic carbocycles. The van der Waals surface area contributed by atoms with E-state index in [4.69, 9.17) is 9.47 Å². The van der Waals surface area contributed by atoms with Crippen LogP contribution in [0.3, 0.4) is 0 Å². The second-order valence-corrected chi connectivity index (χ2v) is 9.61. The van der Waals surface area contributed by atoms with Crippen molar-refractivity contribution in [3.63, 3.8) is 0 Å². The van der Waals surface area contributed by atoms with E-state index in [1.165, 1.54) is 26.6 Å². The van der Waals surface area contributed by atoms with Crippen LogP contribution in [-0.4, -0.2) is 52.4 Å². The van der Waals surface area contributed by atoms with Crippen molar-refractivity contribution in [2.24, 2.45) is 5.92 Å². The third kappa shape index (κ3) is 3.27. The number of nitrogens with zero attached hydrogens (tertiary/aromatic N) is 5. The average Bonchev–Trinajstić information content (AvgIpc) is 3.57. The summed E-state index contributed by atoms with van der Waals surface area (Å²) in [6, 6.07) is 8.20. The molecule has 0 spiro atoms. The minimum absolute atomic E-state index is 0.0146. The monoisotopic (exact) mass is 451 g/mol. The van der Waals surface area contributed by atoms with Crippen molar-refractivity contribution in [1.82, 2.24) is 19.7 Å². The number of hydrogen-bond donors (Lipinski definition) is 0. The van der Waals surface area contributed by atoms with E-state index in [2.05, 4.69) is 27.1 Å². The molecule has 1 fully saturated rings. The summed E-state index contributed by atoms with van der Waals surface area (Å²) < 4.78 is 12.7. The fourth-order valence-electron chi connectivity index (χ4n) is 4.88. The first-order valence-corrected chi connectivity index (χ1v) is 11.8. The molecule has 6 rings (SSSR count). The van der Waals surface area contributed by atoms with Gasteiger partial charge in [-0.25, -0.2) is 9.67 Å². The quantitative estimate of drug-likeness (QED) is 0.607. The zero-order valence-corrected chi connectivity index (χ0v) is 18.8. The molecule has 9 heteroatoms. The van der Waals surface area contributed by atoms with Gasteiger partial charge in [0.1, 0.15) is 23.7 Å². The SMILES string of the molecule is COc1ccc(CN2Cn3ncnc3-c3c2sc2c3CCN(C(=O)[C@@H]3CCOC3)C2)cc1. The van der Waals surface area contributed by atoms with Crippen molar-refractivity contribution < 1.29 is 14.3 Å². The van der Waals surface area contributed by atoms with Gasteiger partial charge in [0.15, 0.2) is 5.82 Å². The number of thiophene rings is 1. The topological polar surface area (TPSA) is 72.7 Å². The maximum atomic E-state index is 13.0. The Hall–Kier alpha value is -2.91. The molecule has 1 saturated heterocycles. The lowest BCUT2D eigenvalue weighted by atomic mass is 9.99. The largest absolute Gasteiger partial charge is 0.497 e. The highest BCUT2D eigenvalue weighted by atomic mass is 32.1. The molecule has 166 valence electrons. The number of fused-ring (bicyclic) bond motifs is 5. The summed E-state index contributed by atoms with van der Waals surface area (Å²) >= 11 is 1.80. The summed E-state index contributed by atoms with van der Waals surface area (Å²) in [7, 11) is 1.68. The third-order valence-electron chi connectivity index (χ3n) is 6.59. The first kappa shape index (κ1) is 19.8. The number of anilines is 1. The molecule has 1 aromatic carbocycles. The smallest absolute Gasteiger partial charge is 0.228 e. The fraction of sp³-hybridized carbons (Fsp3) is 0.435. The van der Waals surface area contributed by atoms with Crippen molar-refractivity contribution >= 4 is 22.2 Å². The number of aromatic nitrogens is 3. The Labute approximate surface area is 190 Å². The molecule has 3 aliphatic rings. The van der Waals surface area contributed by atoms with Gasteiger partial charge in [0, 0.05) is 24.6 Å². The van der Waals surface area contributed by atoms with Crippen LogP contribution in [0.4, 0.5) is 5.00 Å². The first-order valence-electron chi connectivity index (χ1n) is 11.0. The van der Waals surface area contributed by atoms with Gasteiger partial charge in [0.25, 0.3) is 0 Å². The van der Waals surface area contributed by atoms with E-state index in [9.17, 15) is 4.79 Å². The van der Waals surface area contributed by atoms with E-state index in [0.29, 0.717) is 26.4 Å². The lowest BCUT2D eigenvalue weighted by Gasteiger charge is -2.30. The molecule has 0 N–H and O–H groups in total. The normalized spacial score (nSPS) is 19.5. The zero-order valence-electron chi connectivity index (χ0n) is 18.0. The summed E-state index contributed by atoms with van der Waals surface area (Å²) in [4.78, 5) is 23.2. The number of hydrogen-bond acceptors (Lipinski definition) is 7. The molecular formula is C23H25N5O3S. The van der Waals surface area contributed by atoms with Crippen LogP contribution in [0.25, 0.3) is 11.4 Å². The number of benzene rings is 1. The average molecular weight is 452 g/mol. The van der Waals surface area contributed by atoms with Crippen LogP contribution >= 0.6 is 11.3 Å². The van der Waals surface area contributed by atoms with E-state index in [1.807, 2.05) is 21.7 Å². The zero-order chi connectivity index (χ0) is 21.7. The minimum atomic E-state index is 0.0146. The highest BCUT2D eigenvalue weighted by molar-refractivity contribution is 7.17. The highest BCUT2D eigenvalue weighted by Gasteiger charge is 2.36. The standard InChI is InChI=1S/C23H25N5O3S/c1-30-17-4-2-15(3-5-17)10-27-14-28-21(24-13-25-28)20-18-6-8-26(11-19(18)32-23(20)27)22(29)16-7-9-31-12-16/h2-5,13,16H,6-12,14H2,1H3/t16-/m1/s1. The van der Waals surface area contributed by atoms with Crippen LogP contribution < -0.4 is 9.64 Å². The van der Waals surface area contributed by atoms with E-state index < -0.39 is 0 Å². The van der Waals surface area contributed by atoms with E-state index >= 15 is 0 Å². The fourth-order valence-corrected chi connectivity index (χ4v) is 6.23. The summed E-state index contributed by atoms with van der Waals surface area (Å²) in [5.41, 5.74) is 3.73. The van der Waals surface area contributed by atoms with Gasteiger partial charge in [-0.15, -0.1) is 11.3 Å². The van der Waals surface area contributed by atoms with Gasteiger partial charge in [-0.1, -0.05) is 12.1 Å². The van der Waals surface area contributed by atoms with Crippen molar-refractivity contribution in [3.05, 3.63) is 46.6 Å². The van der Waals surface area contributed by atoms with E-state index in [-0.39, 0.29) is 11.8 Å². The van der Waals surface area contributed by atoms with E-state index in [0.717, 1.165) is 37.5 Å². The minimum Gasteiger partial charge on any atom is -0.497 e. The predicted molar refractivity (Wildman–Crippen MR) is 121 cm³/mol. The molecule has 32 heavy (non-hydrogen) atoms. The molecule has 0 unspecified atom stereocenters. The summed E-state index contributed by atoms with van der Waals surface area (Å²) in [6.07, 6.45) is 3.32. The Balaban J connectivity index is 1.32. The Morgan fingerprint density at radius 3 is 2.97 bits per heavy atom. The Kier molecular flexibility index (Phi) is 4.87. The van der Waals surface area contributed by atoms with E-state index in [1.54, 1.807) is 24.8 Å². The van der Waals surface area contributed by atoms with Crippen LogP contribution in [0.15, 0.2) is 30.6 Å². The summed E-state index contributed by atoms with van der Waals surface area (Å²) in [5, 5.41) is 5.70. The molecular weight excluding hydrogens is 426 g/mol. The molecule has 3 aliphatic heterocycles. The molecule has 3 aromatic rings. The van der Waals surface area contributed by atoms with Gasteiger partial charge in [0.2, 0.25) is 5.91 Å². The van der Waals surface area contributed by atoms with Gasteiger partial charge in [-0.2, -0.15) is 5.10 Å².